The van der Waals surface area contributed by atoms with Gasteiger partial charge in [0.05, 0.1) is 6.10 Å². The van der Waals surface area contributed by atoms with Gasteiger partial charge in [0.2, 0.25) is 0 Å². The number of aliphatic hydroxyl groups excluding tert-OH is 1. The summed E-state index contributed by atoms with van der Waals surface area (Å²) in [5, 5.41) is 9.50. The molecule has 0 radical (unpaired) electrons. The van der Waals surface area contributed by atoms with Crippen molar-refractivity contribution in [1.82, 2.24) is 4.90 Å². The van der Waals surface area contributed by atoms with Crippen LogP contribution in [-0.4, -0.2) is 35.6 Å². The van der Waals surface area contributed by atoms with Gasteiger partial charge in [-0.25, -0.2) is 0 Å². The molecule has 0 bridgehead atoms. The summed E-state index contributed by atoms with van der Waals surface area (Å²) >= 11 is 0. The van der Waals surface area contributed by atoms with Crippen LogP contribution >= 0.6 is 0 Å². The van der Waals surface area contributed by atoms with Crippen molar-refractivity contribution in [2.75, 3.05) is 13.6 Å². The van der Waals surface area contributed by atoms with Crippen LogP contribution < -0.4 is 4.74 Å². The van der Waals surface area contributed by atoms with E-state index in [4.69, 9.17) is 4.74 Å². The van der Waals surface area contributed by atoms with E-state index >= 15 is 0 Å². The second kappa shape index (κ2) is 4.98. The van der Waals surface area contributed by atoms with Crippen LogP contribution in [0.1, 0.15) is 30.6 Å². The molecule has 1 heterocycles. The smallest absolute Gasteiger partial charge is 0.263 e. The van der Waals surface area contributed by atoms with E-state index in [-0.39, 0.29) is 12.0 Å². The monoisotopic (exact) mass is 249 g/mol. The average molecular weight is 249 g/mol. The minimum Gasteiger partial charge on any atom is -0.480 e. The van der Waals surface area contributed by atoms with Gasteiger partial charge in [-0.3, -0.25) is 4.79 Å². The Bertz CT molecular complexity index is 456. The molecule has 18 heavy (non-hydrogen) atoms. The molecule has 1 N–H and O–H groups in total. The molecule has 1 aliphatic heterocycles. The van der Waals surface area contributed by atoms with Crippen molar-refractivity contribution in [2.24, 2.45) is 0 Å². The third-order valence-electron chi connectivity index (χ3n) is 3.33. The van der Waals surface area contributed by atoms with Crippen LogP contribution in [-0.2, 0) is 4.79 Å². The third-order valence-corrected chi connectivity index (χ3v) is 3.33. The summed E-state index contributed by atoms with van der Waals surface area (Å²) in [4.78, 5) is 13.4. The molecule has 2 rings (SSSR count). The second-order valence-electron chi connectivity index (χ2n) is 4.86. The number of nitrogens with zero attached hydrogens (tertiary/aromatic N) is 1. The molecule has 1 aromatic carbocycles. The Labute approximate surface area is 107 Å². The van der Waals surface area contributed by atoms with Gasteiger partial charge >= 0.3 is 0 Å². The van der Waals surface area contributed by atoms with Crippen LogP contribution in [0.25, 0.3) is 0 Å². The fourth-order valence-corrected chi connectivity index (χ4v) is 2.12. The zero-order valence-electron chi connectivity index (χ0n) is 11.0. The molecule has 0 aliphatic carbocycles. The number of benzene rings is 1. The number of likely N-dealkylation sites (tertiary alicyclic amines) is 1. The van der Waals surface area contributed by atoms with Crippen molar-refractivity contribution in [3.05, 3.63) is 29.3 Å². The topological polar surface area (TPSA) is 49.8 Å². The van der Waals surface area contributed by atoms with E-state index in [1.807, 2.05) is 25.1 Å². The predicted molar refractivity (Wildman–Crippen MR) is 68.5 cm³/mol. The molecule has 1 unspecified atom stereocenters. The van der Waals surface area contributed by atoms with Gasteiger partial charge < -0.3 is 14.7 Å². The fraction of sp³-hybridized carbons (Fsp3) is 0.500. The van der Waals surface area contributed by atoms with Gasteiger partial charge in [-0.2, -0.15) is 0 Å². The van der Waals surface area contributed by atoms with Crippen molar-refractivity contribution in [2.45, 2.75) is 32.5 Å². The lowest BCUT2D eigenvalue weighted by molar-refractivity contribution is -0.132. The van der Waals surface area contributed by atoms with Crippen LogP contribution in [0.3, 0.4) is 0 Å². The highest BCUT2D eigenvalue weighted by Crippen LogP contribution is 2.25. The SMILES string of the molecule is Cc1cc([C@H](C)O)ccc1OC1CCN(C)C1=O. The highest BCUT2D eigenvalue weighted by molar-refractivity contribution is 5.83. The molecule has 1 saturated heterocycles. The van der Waals surface area contributed by atoms with Gasteiger partial charge in [0, 0.05) is 20.0 Å². The Morgan fingerprint density at radius 2 is 2.22 bits per heavy atom. The second-order valence-corrected chi connectivity index (χ2v) is 4.86. The van der Waals surface area contributed by atoms with Crippen molar-refractivity contribution in [3.63, 3.8) is 0 Å². The standard InChI is InChI=1S/C14H19NO3/c1-9-8-11(10(2)16)4-5-12(9)18-13-6-7-15(3)14(13)17/h4-5,8,10,13,16H,6-7H2,1-3H3/t10-,13?/m0/s1. The first-order chi connectivity index (χ1) is 8.49. The van der Waals surface area contributed by atoms with Crippen molar-refractivity contribution in [1.29, 1.82) is 0 Å². The fourth-order valence-electron chi connectivity index (χ4n) is 2.12. The summed E-state index contributed by atoms with van der Waals surface area (Å²) in [6, 6.07) is 5.54. The number of likely N-dealkylation sites (N-methyl/N-ethyl adjacent to an activating group) is 1. The minimum atomic E-state index is -0.489. The maximum atomic E-state index is 11.8. The largest absolute Gasteiger partial charge is 0.480 e. The van der Waals surface area contributed by atoms with E-state index in [2.05, 4.69) is 0 Å². The number of hydrogen-bond acceptors (Lipinski definition) is 3. The molecule has 0 aromatic heterocycles. The zero-order chi connectivity index (χ0) is 13.3. The Balaban J connectivity index is 2.13. The number of ether oxygens (including phenoxy) is 1. The lowest BCUT2D eigenvalue weighted by atomic mass is 10.1. The van der Waals surface area contributed by atoms with Crippen LogP contribution in [0.4, 0.5) is 0 Å². The van der Waals surface area contributed by atoms with E-state index in [0.717, 1.165) is 24.1 Å². The molecule has 1 fully saturated rings. The van der Waals surface area contributed by atoms with E-state index < -0.39 is 6.10 Å². The van der Waals surface area contributed by atoms with Crippen LogP contribution in [0.5, 0.6) is 5.75 Å². The number of rotatable bonds is 3. The first kappa shape index (κ1) is 12.9. The Hall–Kier alpha value is -1.55. The molecule has 0 saturated carbocycles. The van der Waals surface area contributed by atoms with Gasteiger partial charge in [0.25, 0.3) is 5.91 Å². The lowest BCUT2D eigenvalue weighted by Crippen LogP contribution is -2.29. The summed E-state index contributed by atoms with van der Waals surface area (Å²) < 4.78 is 5.75. The number of hydrogen-bond donors (Lipinski definition) is 1. The summed E-state index contributed by atoms with van der Waals surface area (Å²) in [7, 11) is 1.79. The molecular weight excluding hydrogens is 230 g/mol. The maximum Gasteiger partial charge on any atom is 0.263 e. The van der Waals surface area contributed by atoms with Gasteiger partial charge in [-0.05, 0) is 37.1 Å². The maximum absolute atomic E-state index is 11.8. The molecule has 1 aliphatic rings. The van der Waals surface area contributed by atoms with Crippen LogP contribution in [0.15, 0.2) is 18.2 Å². The average Bonchev–Trinajstić information content (AvgIpc) is 2.63. The molecule has 4 nitrogen and oxygen atoms in total. The molecular formula is C14H19NO3. The summed E-state index contributed by atoms with van der Waals surface area (Å²) in [6.07, 6.45) is -0.129. The zero-order valence-corrected chi connectivity index (χ0v) is 11.0. The highest BCUT2D eigenvalue weighted by atomic mass is 16.5. The number of carbonyl (C=O) groups is 1. The molecule has 1 amide bonds. The van der Waals surface area contributed by atoms with Crippen molar-refractivity contribution in [3.8, 4) is 5.75 Å². The Morgan fingerprint density at radius 3 is 2.72 bits per heavy atom. The Morgan fingerprint density at radius 1 is 1.50 bits per heavy atom. The predicted octanol–water partition coefficient (Wildman–Crippen LogP) is 1.66. The van der Waals surface area contributed by atoms with E-state index in [1.165, 1.54) is 0 Å². The van der Waals surface area contributed by atoms with Crippen molar-refractivity contribution < 1.29 is 14.6 Å². The molecule has 1 aromatic rings. The van der Waals surface area contributed by atoms with Gasteiger partial charge in [0.15, 0.2) is 6.10 Å². The number of carbonyl (C=O) groups excluding carboxylic acids is 1. The summed E-state index contributed by atoms with van der Waals surface area (Å²) in [5.41, 5.74) is 1.80. The molecule has 4 heteroatoms. The van der Waals surface area contributed by atoms with E-state index in [1.54, 1.807) is 18.9 Å². The first-order valence-corrected chi connectivity index (χ1v) is 6.19. The summed E-state index contributed by atoms with van der Waals surface area (Å²) in [5.74, 6) is 0.752. The minimum absolute atomic E-state index is 0.0361. The van der Waals surface area contributed by atoms with Crippen LogP contribution in [0, 0.1) is 6.92 Å². The van der Waals surface area contributed by atoms with Crippen LogP contribution in [0.2, 0.25) is 0 Å². The Kier molecular flexibility index (Phi) is 3.57. The third kappa shape index (κ3) is 2.48. The molecule has 98 valence electrons. The summed E-state index contributed by atoms with van der Waals surface area (Å²) in [6.45, 7) is 4.39. The van der Waals surface area contributed by atoms with Gasteiger partial charge in [-0.15, -0.1) is 0 Å². The molecule has 0 spiro atoms. The van der Waals surface area contributed by atoms with Gasteiger partial charge in [-0.1, -0.05) is 6.07 Å². The highest BCUT2D eigenvalue weighted by Gasteiger charge is 2.31. The van der Waals surface area contributed by atoms with Crippen molar-refractivity contribution >= 4 is 5.91 Å². The quantitative estimate of drug-likeness (QED) is 0.886. The normalized spacial score (nSPS) is 21.2. The number of amides is 1. The molecule has 2 atom stereocenters. The number of aliphatic hydroxyl groups is 1. The number of aryl methyl sites for hydroxylation is 1. The van der Waals surface area contributed by atoms with E-state index in [9.17, 15) is 9.90 Å². The van der Waals surface area contributed by atoms with Gasteiger partial charge in [0.1, 0.15) is 5.75 Å². The first-order valence-electron chi connectivity index (χ1n) is 6.19. The lowest BCUT2D eigenvalue weighted by Gasteiger charge is -2.16. The van der Waals surface area contributed by atoms with E-state index in [0.29, 0.717) is 5.75 Å².